The van der Waals surface area contributed by atoms with E-state index < -0.39 is 0 Å². The molecule has 0 saturated carbocycles. The SMILES string of the molecule is Nc1cncc(C2CCCS2)c1. The van der Waals surface area contributed by atoms with Gasteiger partial charge in [-0.3, -0.25) is 4.98 Å². The lowest BCUT2D eigenvalue weighted by Gasteiger charge is -2.07. The molecule has 0 aliphatic carbocycles. The van der Waals surface area contributed by atoms with Crippen LogP contribution in [0.3, 0.4) is 0 Å². The van der Waals surface area contributed by atoms with Crippen LogP contribution in [0.4, 0.5) is 5.69 Å². The Morgan fingerprint density at radius 3 is 3.08 bits per heavy atom. The lowest BCUT2D eigenvalue weighted by Crippen LogP contribution is -1.93. The standard InChI is InChI=1S/C9H12N2S/c10-8-4-7(5-11-6-8)9-2-1-3-12-9/h4-6,9H,1-3,10H2. The molecule has 2 rings (SSSR count). The number of hydrogen-bond donors (Lipinski definition) is 1. The maximum Gasteiger partial charge on any atom is 0.0503 e. The van der Waals surface area contributed by atoms with Gasteiger partial charge in [0.25, 0.3) is 0 Å². The first-order chi connectivity index (χ1) is 5.86. The molecule has 1 aromatic rings. The van der Waals surface area contributed by atoms with E-state index >= 15 is 0 Å². The van der Waals surface area contributed by atoms with E-state index in [4.69, 9.17) is 5.73 Å². The van der Waals surface area contributed by atoms with E-state index in [1.807, 2.05) is 24.0 Å². The molecule has 0 bridgehead atoms. The number of nitrogen functional groups attached to an aromatic ring is 1. The second-order valence-electron chi connectivity index (χ2n) is 3.05. The van der Waals surface area contributed by atoms with Crippen molar-refractivity contribution < 1.29 is 0 Å². The van der Waals surface area contributed by atoms with Crippen LogP contribution in [0, 0.1) is 0 Å². The molecule has 1 saturated heterocycles. The summed E-state index contributed by atoms with van der Waals surface area (Å²) in [5.41, 5.74) is 7.72. The van der Waals surface area contributed by atoms with E-state index in [-0.39, 0.29) is 0 Å². The van der Waals surface area contributed by atoms with Crippen LogP contribution >= 0.6 is 11.8 Å². The predicted octanol–water partition coefficient (Wildman–Crippen LogP) is 2.23. The molecule has 0 amide bonds. The summed E-state index contributed by atoms with van der Waals surface area (Å²) in [5, 5.41) is 0.640. The Morgan fingerprint density at radius 2 is 2.42 bits per heavy atom. The number of anilines is 1. The van der Waals surface area contributed by atoms with Gasteiger partial charge in [-0.15, -0.1) is 0 Å². The highest BCUT2D eigenvalue weighted by atomic mass is 32.2. The van der Waals surface area contributed by atoms with Crippen LogP contribution in [0.25, 0.3) is 0 Å². The molecule has 1 fully saturated rings. The fraction of sp³-hybridized carbons (Fsp3) is 0.444. The number of pyridine rings is 1. The fourth-order valence-corrected chi connectivity index (χ4v) is 2.77. The molecule has 3 heteroatoms. The van der Waals surface area contributed by atoms with Crippen molar-refractivity contribution in [3.8, 4) is 0 Å². The predicted molar refractivity (Wildman–Crippen MR) is 53.1 cm³/mol. The number of thioether (sulfide) groups is 1. The average molecular weight is 180 g/mol. The lowest BCUT2D eigenvalue weighted by molar-refractivity contribution is 0.826. The van der Waals surface area contributed by atoms with Gasteiger partial charge in [0, 0.05) is 17.6 Å². The Hall–Kier alpha value is -0.700. The fourth-order valence-electron chi connectivity index (χ4n) is 1.49. The molecule has 2 N–H and O–H groups in total. The molecule has 12 heavy (non-hydrogen) atoms. The lowest BCUT2D eigenvalue weighted by atomic mass is 10.1. The molecular weight excluding hydrogens is 168 g/mol. The molecule has 0 radical (unpaired) electrons. The molecule has 2 heterocycles. The minimum Gasteiger partial charge on any atom is -0.397 e. The molecule has 0 aromatic carbocycles. The van der Waals surface area contributed by atoms with E-state index in [1.165, 1.54) is 24.2 Å². The van der Waals surface area contributed by atoms with E-state index in [1.54, 1.807) is 6.20 Å². The van der Waals surface area contributed by atoms with Crippen LogP contribution in [-0.4, -0.2) is 10.7 Å². The molecule has 1 aliphatic heterocycles. The van der Waals surface area contributed by atoms with Crippen molar-refractivity contribution in [3.63, 3.8) is 0 Å². The number of hydrogen-bond acceptors (Lipinski definition) is 3. The first-order valence-corrected chi connectivity index (χ1v) is 5.23. The van der Waals surface area contributed by atoms with Crippen LogP contribution < -0.4 is 5.73 Å². The molecular formula is C9H12N2S. The van der Waals surface area contributed by atoms with Crippen molar-refractivity contribution in [2.45, 2.75) is 18.1 Å². The number of rotatable bonds is 1. The van der Waals surface area contributed by atoms with E-state index in [0.717, 1.165) is 5.69 Å². The third-order valence-electron chi connectivity index (χ3n) is 2.08. The van der Waals surface area contributed by atoms with Gasteiger partial charge in [0.1, 0.15) is 0 Å². The Morgan fingerprint density at radius 1 is 1.50 bits per heavy atom. The summed E-state index contributed by atoms with van der Waals surface area (Å²) in [6.45, 7) is 0. The third kappa shape index (κ3) is 1.55. The Kier molecular flexibility index (Phi) is 2.21. The number of nitrogens with two attached hydrogens (primary N) is 1. The number of aromatic nitrogens is 1. The van der Waals surface area contributed by atoms with Crippen LogP contribution in [0.15, 0.2) is 18.5 Å². The summed E-state index contributed by atoms with van der Waals surface area (Å²) < 4.78 is 0. The summed E-state index contributed by atoms with van der Waals surface area (Å²) in [5.74, 6) is 1.28. The van der Waals surface area contributed by atoms with Gasteiger partial charge in [0.15, 0.2) is 0 Å². The smallest absolute Gasteiger partial charge is 0.0503 e. The summed E-state index contributed by atoms with van der Waals surface area (Å²) in [6, 6.07) is 2.04. The third-order valence-corrected chi connectivity index (χ3v) is 3.52. The summed E-state index contributed by atoms with van der Waals surface area (Å²) in [7, 11) is 0. The highest BCUT2D eigenvalue weighted by molar-refractivity contribution is 7.99. The van der Waals surface area contributed by atoms with Crippen LogP contribution in [-0.2, 0) is 0 Å². The second kappa shape index (κ2) is 3.35. The molecule has 64 valence electrons. The highest BCUT2D eigenvalue weighted by Gasteiger charge is 2.17. The maximum atomic E-state index is 5.65. The van der Waals surface area contributed by atoms with Gasteiger partial charge in [-0.25, -0.2) is 0 Å². The van der Waals surface area contributed by atoms with Gasteiger partial charge in [-0.2, -0.15) is 11.8 Å². The zero-order valence-corrected chi connectivity index (χ0v) is 7.68. The zero-order valence-electron chi connectivity index (χ0n) is 6.86. The largest absolute Gasteiger partial charge is 0.397 e. The van der Waals surface area contributed by atoms with Gasteiger partial charge >= 0.3 is 0 Å². The molecule has 1 aliphatic rings. The van der Waals surface area contributed by atoms with Crippen molar-refractivity contribution in [2.75, 3.05) is 11.5 Å². The minimum atomic E-state index is 0.640. The quantitative estimate of drug-likeness (QED) is 0.720. The van der Waals surface area contributed by atoms with Crippen LogP contribution in [0.2, 0.25) is 0 Å². The molecule has 1 unspecified atom stereocenters. The second-order valence-corrected chi connectivity index (χ2v) is 4.36. The van der Waals surface area contributed by atoms with Crippen molar-refractivity contribution in [1.29, 1.82) is 0 Å². The van der Waals surface area contributed by atoms with E-state index in [9.17, 15) is 0 Å². The Labute approximate surface area is 76.6 Å². The summed E-state index contributed by atoms with van der Waals surface area (Å²) in [4.78, 5) is 4.09. The average Bonchev–Trinajstić information content (AvgIpc) is 2.56. The maximum absolute atomic E-state index is 5.65. The monoisotopic (exact) mass is 180 g/mol. The van der Waals surface area contributed by atoms with E-state index in [2.05, 4.69) is 4.98 Å². The Balaban J connectivity index is 2.21. The molecule has 0 spiro atoms. The van der Waals surface area contributed by atoms with Gasteiger partial charge in [0.05, 0.1) is 5.69 Å². The van der Waals surface area contributed by atoms with Gasteiger partial charge in [-0.1, -0.05) is 0 Å². The normalized spacial score (nSPS) is 22.8. The van der Waals surface area contributed by atoms with Gasteiger partial charge in [-0.05, 0) is 30.2 Å². The first-order valence-electron chi connectivity index (χ1n) is 4.18. The first kappa shape index (κ1) is 7.92. The molecule has 2 nitrogen and oxygen atoms in total. The molecule has 1 aromatic heterocycles. The molecule has 1 atom stereocenters. The van der Waals surface area contributed by atoms with Gasteiger partial charge in [0.2, 0.25) is 0 Å². The summed E-state index contributed by atoms with van der Waals surface area (Å²) >= 11 is 2.01. The minimum absolute atomic E-state index is 0.640. The zero-order chi connectivity index (χ0) is 8.39. The van der Waals surface area contributed by atoms with Crippen LogP contribution in [0.5, 0.6) is 0 Å². The van der Waals surface area contributed by atoms with E-state index in [0.29, 0.717) is 5.25 Å². The van der Waals surface area contributed by atoms with Crippen molar-refractivity contribution in [2.24, 2.45) is 0 Å². The van der Waals surface area contributed by atoms with Gasteiger partial charge < -0.3 is 5.73 Å². The Bertz CT molecular complexity index is 269. The number of nitrogens with zero attached hydrogens (tertiary/aromatic N) is 1. The highest BCUT2D eigenvalue weighted by Crippen LogP contribution is 2.39. The van der Waals surface area contributed by atoms with Crippen molar-refractivity contribution >= 4 is 17.4 Å². The summed E-state index contributed by atoms with van der Waals surface area (Å²) in [6.07, 6.45) is 6.22. The topological polar surface area (TPSA) is 38.9 Å². The van der Waals surface area contributed by atoms with Crippen molar-refractivity contribution in [3.05, 3.63) is 24.0 Å². The van der Waals surface area contributed by atoms with Crippen LogP contribution in [0.1, 0.15) is 23.7 Å². The van der Waals surface area contributed by atoms with Crippen molar-refractivity contribution in [1.82, 2.24) is 4.98 Å².